The molecule has 2 heterocycles. The van der Waals surface area contributed by atoms with Crippen LogP contribution in [0.15, 0.2) is 10.7 Å². The topological polar surface area (TPSA) is 65.5 Å². The lowest BCUT2D eigenvalue weighted by atomic mass is 10.2. The van der Waals surface area contributed by atoms with Gasteiger partial charge in [0, 0.05) is 19.1 Å². The van der Waals surface area contributed by atoms with Crippen molar-refractivity contribution in [1.82, 2.24) is 10.2 Å². The lowest BCUT2D eigenvalue weighted by molar-refractivity contribution is -0.759. The average molecular weight is 312 g/mol. The van der Waals surface area contributed by atoms with Gasteiger partial charge in [0.15, 0.2) is 0 Å². The molecular formula is C13H22N5O2S+. The lowest BCUT2D eigenvalue weighted by Crippen LogP contribution is -2.65. The second-order valence-corrected chi connectivity index (χ2v) is 5.99. The number of hydrogen-bond acceptors (Lipinski definition) is 6. The first kappa shape index (κ1) is 15.8. The number of thiocarbonyl (C=S) groups is 1. The normalized spacial score (nSPS) is 16.3. The van der Waals surface area contributed by atoms with E-state index < -0.39 is 0 Å². The van der Waals surface area contributed by atoms with Crippen molar-refractivity contribution >= 4 is 28.9 Å². The summed E-state index contributed by atoms with van der Waals surface area (Å²) in [6.07, 6.45) is 1.96. The summed E-state index contributed by atoms with van der Waals surface area (Å²) < 4.78 is 5.19. The first-order valence-electron chi connectivity index (χ1n) is 7.13. The maximum atomic E-state index is 11.0. The molecule has 0 aromatic carbocycles. The first-order chi connectivity index (χ1) is 9.95. The first-order valence-corrected chi connectivity index (χ1v) is 7.53. The fraction of sp³-hybridized carbons (Fsp3) is 0.692. The SMILES string of the molecule is CC(=O)CC(=S)Nc1c[n+](N2CCN(C(C)C)CC2)no1. The van der Waals surface area contributed by atoms with E-state index in [-0.39, 0.29) is 12.2 Å². The molecule has 1 aliphatic heterocycles. The predicted octanol–water partition coefficient (Wildman–Crippen LogP) is 0.342. The van der Waals surface area contributed by atoms with E-state index in [0.29, 0.717) is 16.9 Å². The summed E-state index contributed by atoms with van der Waals surface area (Å²) in [6, 6.07) is 0.565. The van der Waals surface area contributed by atoms with Crippen molar-refractivity contribution in [3.8, 4) is 0 Å². The number of carbonyl (C=O) groups excluding carboxylic acids is 1. The third-order valence-corrected chi connectivity index (χ3v) is 3.68. The zero-order valence-electron chi connectivity index (χ0n) is 12.7. The fourth-order valence-corrected chi connectivity index (χ4v) is 2.57. The van der Waals surface area contributed by atoms with Crippen LogP contribution in [0.1, 0.15) is 27.2 Å². The number of aromatic nitrogens is 2. The van der Waals surface area contributed by atoms with Crippen molar-refractivity contribution in [2.24, 2.45) is 0 Å². The highest BCUT2D eigenvalue weighted by Gasteiger charge is 2.27. The predicted molar refractivity (Wildman–Crippen MR) is 82.9 cm³/mol. The average Bonchev–Trinajstić information content (AvgIpc) is 2.86. The lowest BCUT2D eigenvalue weighted by Gasteiger charge is -2.32. The van der Waals surface area contributed by atoms with Gasteiger partial charge in [-0.3, -0.25) is 14.2 Å². The highest BCUT2D eigenvalue weighted by Crippen LogP contribution is 2.05. The standard InChI is InChI=1S/C13H21N5O2S/c1-10(2)16-4-6-17(7-5-16)18-9-12(20-15-18)14-13(21)8-11(3)19/h9-10H,4-8H2,1-3H3/p+1. The van der Waals surface area contributed by atoms with Crippen LogP contribution in [0.4, 0.5) is 5.88 Å². The highest BCUT2D eigenvalue weighted by molar-refractivity contribution is 7.80. The summed E-state index contributed by atoms with van der Waals surface area (Å²) in [6.45, 7) is 9.71. The molecule has 0 unspecified atom stereocenters. The van der Waals surface area contributed by atoms with Crippen molar-refractivity contribution in [2.75, 3.05) is 36.5 Å². The van der Waals surface area contributed by atoms with E-state index in [4.69, 9.17) is 16.7 Å². The number of hydrogen-bond donors (Lipinski definition) is 1. The molecule has 0 atom stereocenters. The molecule has 0 bridgehead atoms. The van der Waals surface area contributed by atoms with Crippen LogP contribution in [0, 0.1) is 0 Å². The smallest absolute Gasteiger partial charge is 0.304 e. The molecular weight excluding hydrogens is 290 g/mol. The second-order valence-electron chi connectivity index (χ2n) is 5.50. The summed E-state index contributed by atoms with van der Waals surface area (Å²) in [5.41, 5.74) is 0. The van der Waals surface area contributed by atoms with Crippen LogP contribution in [0.5, 0.6) is 0 Å². The van der Waals surface area contributed by atoms with Gasteiger partial charge >= 0.3 is 5.88 Å². The Balaban J connectivity index is 1.89. The summed E-state index contributed by atoms with van der Waals surface area (Å²) in [5, 5.41) is 8.98. The van der Waals surface area contributed by atoms with Crippen molar-refractivity contribution in [2.45, 2.75) is 33.2 Å². The summed E-state index contributed by atoms with van der Waals surface area (Å²) in [5.74, 6) is 0.470. The third kappa shape index (κ3) is 4.47. The second kappa shape index (κ2) is 6.95. The highest BCUT2D eigenvalue weighted by atomic mass is 32.1. The van der Waals surface area contributed by atoms with Gasteiger partial charge in [-0.15, -0.1) is 0 Å². The number of nitrogens with zero attached hydrogens (tertiary/aromatic N) is 4. The molecule has 8 heteroatoms. The van der Waals surface area contributed by atoms with Crippen LogP contribution in [-0.2, 0) is 4.79 Å². The van der Waals surface area contributed by atoms with E-state index >= 15 is 0 Å². The minimum atomic E-state index is 0.0182. The number of Topliss-reactive ketones (excluding diaryl/α,β-unsaturated/α-hetero) is 1. The monoisotopic (exact) mass is 312 g/mol. The molecule has 0 spiro atoms. The van der Waals surface area contributed by atoms with Gasteiger partial charge in [-0.2, -0.15) is 5.01 Å². The van der Waals surface area contributed by atoms with Gasteiger partial charge in [-0.05, 0) is 20.8 Å². The molecule has 1 aromatic heterocycles. The molecule has 0 amide bonds. The number of ketones is 1. The van der Waals surface area contributed by atoms with E-state index in [1.807, 2.05) is 0 Å². The summed E-state index contributed by atoms with van der Waals surface area (Å²) >= 11 is 5.07. The Kier molecular flexibility index (Phi) is 5.24. The largest absolute Gasteiger partial charge is 0.313 e. The Morgan fingerprint density at radius 1 is 1.48 bits per heavy atom. The van der Waals surface area contributed by atoms with Crippen molar-refractivity contribution in [1.29, 1.82) is 0 Å². The van der Waals surface area contributed by atoms with E-state index in [2.05, 4.69) is 34.3 Å². The number of nitrogens with one attached hydrogen (secondary N) is 1. The van der Waals surface area contributed by atoms with Crippen LogP contribution in [-0.4, -0.2) is 53.2 Å². The molecule has 1 aliphatic rings. The van der Waals surface area contributed by atoms with Crippen molar-refractivity contribution in [3.05, 3.63) is 6.20 Å². The molecule has 116 valence electrons. The summed E-state index contributed by atoms with van der Waals surface area (Å²) in [7, 11) is 0. The quantitative estimate of drug-likeness (QED) is 0.621. The van der Waals surface area contributed by atoms with Gasteiger partial charge in [0.1, 0.15) is 5.78 Å². The molecule has 21 heavy (non-hydrogen) atoms. The molecule has 1 N–H and O–H groups in total. The molecule has 7 nitrogen and oxygen atoms in total. The van der Waals surface area contributed by atoms with E-state index in [0.717, 1.165) is 26.2 Å². The van der Waals surface area contributed by atoms with Gasteiger partial charge in [-0.1, -0.05) is 12.2 Å². The van der Waals surface area contributed by atoms with Gasteiger partial charge < -0.3 is 5.32 Å². The number of anilines is 1. The van der Waals surface area contributed by atoms with Crippen molar-refractivity contribution in [3.63, 3.8) is 0 Å². The van der Waals surface area contributed by atoms with Gasteiger partial charge in [-0.25, -0.2) is 0 Å². The van der Waals surface area contributed by atoms with Crippen LogP contribution >= 0.6 is 12.2 Å². The van der Waals surface area contributed by atoms with Crippen molar-refractivity contribution < 1.29 is 14.1 Å². The van der Waals surface area contributed by atoms with E-state index in [1.54, 1.807) is 11.0 Å². The number of piperazine rings is 1. The van der Waals surface area contributed by atoms with Gasteiger partial charge in [0.05, 0.1) is 29.3 Å². The third-order valence-electron chi connectivity index (χ3n) is 3.44. The number of rotatable bonds is 5. The Morgan fingerprint density at radius 3 is 2.71 bits per heavy atom. The maximum Gasteiger partial charge on any atom is 0.304 e. The molecule has 1 aromatic rings. The van der Waals surface area contributed by atoms with Crippen LogP contribution in [0.2, 0.25) is 0 Å². The van der Waals surface area contributed by atoms with Gasteiger partial charge in [0.25, 0.3) is 6.20 Å². The molecule has 1 saturated heterocycles. The van der Waals surface area contributed by atoms with Gasteiger partial charge in [0.2, 0.25) is 5.27 Å². The molecule has 0 saturated carbocycles. The Bertz CT molecular complexity index is 508. The summed E-state index contributed by atoms with van der Waals surface area (Å²) in [4.78, 5) is 15.6. The van der Waals surface area contributed by atoms with E-state index in [9.17, 15) is 4.79 Å². The Labute approximate surface area is 129 Å². The van der Waals surface area contributed by atoms with E-state index in [1.165, 1.54) is 6.92 Å². The Hall–Kier alpha value is -1.54. The van der Waals surface area contributed by atoms with Crippen LogP contribution in [0.3, 0.4) is 0 Å². The molecule has 2 rings (SSSR count). The maximum absolute atomic E-state index is 11.0. The minimum Gasteiger partial charge on any atom is -0.313 e. The zero-order valence-corrected chi connectivity index (χ0v) is 13.5. The zero-order chi connectivity index (χ0) is 15.4. The number of carbonyl (C=O) groups is 1. The van der Waals surface area contributed by atoms with Crippen LogP contribution in [0.25, 0.3) is 0 Å². The minimum absolute atomic E-state index is 0.0182. The van der Waals surface area contributed by atoms with Crippen LogP contribution < -0.4 is 15.1 Å². The molecule has 0 radical (unpaired) electrons. The molecule has 0 aliphatic carbocycles. The Morgan fingerprint density at radius 2 is 2.14 bits per heavy atom. The fourth-order valence-electron chi connectivity index (χ4n) is 2.27. The molecule has 1 fully saturated rings.